The van der Waals surface area contributed by atoms with Gasteiger partial charge in [0.2, 0.25) is 0 Å². The molecule has 0 aliphatic rings. The Bertz CT molecular complexity index is 999. The maximum atomic E-state index is 12.0. The molecule has 7 heteroatoms. The van der Waals surface area contributed by atoms with E-state index in [9.17, 15) is 14.4 Å². The first-order valence-corrected chi connectivity index (χ1v) is 8.60. The van der Waals surface area contributed by atoms with Crippen molar-refractivity contribution in [2.24, 2.45) is 0 Å². The van der Waals surface area contributed by atoms with Gasteiger partial charge in [-0.2, -0.15) is 0 Å². The van der Waals surface area contributed by atoms with Gasteiger partial charge in [0.25, 0.3) is 11.5 Å². The molecule has 0 aliphatic carbocycles. The number of H-pyrrole nitrogens is 1. The van der Waals surface area contributed by atoms with Crippen LogP contribution < -0.4 is 10.9 Å². The molecule has 7 nitrogen and oxygen atoms in total. The number of fused-ring (bicyclic) bond motifs is 1. The maximum Gasteiger partial charge on any atom is 0.306 e. The van der Waals surface area contributed by atoms with Crippen LogP contribution in [-0.4, -0.2) is 28.5 Å². The van der Waals surface area contributed by atoms with E-state index in [1.165, 1.54) is 0 Å². The number of amides is 1. The quantitative estimate of drug-likeness (QED) is 0.626. The minimum atomic E-state index is -0.471. The van der Waals surface area contributed by atoms with Gasteiger partial charge < -0.3 is 15.0 Å². The summed E-state index contributed by atoms with van der Waals surface area (Å²) in [4.78, 5) is 42.6. The highest BCUT2D eigenvalue weighted by Crippen LogP contribution is 2.08. The summed E-state index contributed by atoms with van der Waals surface area (Å²) < 4.78 is 4.96. The van der Waals surface area contributed by atoms with Crippen LogP contribution in [0.4, 0.5) is 5.69 Å². The number of carbonyl (C=O) groups is 2. The average Bonchev–Trinajstić information content (AvgIpc) is 2.67. The number of benzene rings is 2. The number of nitrogens with zero attached hydrogens (tertiary/aromatic N) is 1. The van der Waals surface area contributed by atoms with Crippen LogP contribution in [0.1, 0.15) is 18.7 Å². The number of aromatic nitrogens is 2. The first-order chi connectivity index (χ1) is 13.1. The topological polar surface area (TPSA) is 101 Å². The minimum absolute atomic E-state index is 0.134. The highest BCUT2D eigenvalue weighted by atomic mass is 16.5. The lowest BCUT2D eigenvalue weighted by atomic mass is 10.2. The van der Waals surface area contributed by atoms with E-state index in [2.05, 4.69) is 15.3 Å². The van der Waals surface area contributed by atoms with Crippen LogP contribution in [0.5, 0.6) is 0 Å². The fourth-order valence-corrected chi connectivity index (χ4v) is 2.59. The molecule has 3 aromatic rings. The predicted molar refractivity (Wildman–Crippen MR) is 101 cm³/mol. The largest absolute Gasteiger partial charge is 0.456 e. The molecular weight excluding hydrogens is 346 g/mol. The Morgan fingerprint density at radius 1 is 1.04 bits per heavy atom. The fourth-order valence-electron chi connectivity index (χ4n) is 2.59. The Labute approximate surface area is 155 Å². The predicted octanol–water partition coefficient (Wildman–Crippen LogP) is 2.43. The van der Waals surface area contributed by atoms with Crippen molar-refractivity contribution in [3.63, 3.8) is 0 Å². The van der Waals surface area contributed by atoms with E-state index < -0.39 is 11.9 Å². The number of nitrogens with one attached hydrogen (secondary N) is 2. The van der Waals surface area contributed by atoms with Gasteiger partial charge in [-0.15, -0.1) is 0 Å². The minimum Gasteiger partial charge on any atom is -0.456 e. The molecule has 0 bridgehead atoms. The summed E-state index contributed by atoms with van der Waals surface area (Å²) in [5.74, 6) is -0.343. The third kappa shape index (κ3) is 5.24. The molecule has 3 rings (SSSR count). The average molecular weight is 365 g/mol. The van der Waals surface area contributed by atoms with Gasteiger partial charge in [-0.25, -0.2) is 4.98 Å². The molecule has 0 fully saturated rings. The van der Waals surface area contributed by atoms with Gasteiger partial charge in [0.05, 0.1) is 10.9 Å². The molecule has 0 spiro atoms. The Kier molecular flexibility index (Phi) is 5.94. The number of carbonyl (C=O) groups excluding carboxylic acids is 2. The van der Waals surface area contributed by atoms with E-state index in [1.54, 1.807) is 42.5 Å². The van der Waals surface area contributed by atoms with Crippen molar-refractivity contribution >= 4 is 28.5 Å². The lowest BCUT2D eigenvalue weighted by Crippen LogP contribution is -2.20. The standard InChI is InChI=1S/C20H19N3O4/c24-18(21-14-7-2-1-3-8-14)13-27-19(25)12-6-11-17-22-16-10-5-4-9-15(16)20(26)23-17/h1-5,7-10H,6,11-13H2,(H,21,24)(H,22,23,26). The third-order valence-corrected chi connectivity index (χ3v) is 3.88. The highest BCUT2D eigenvalue weighted by Gasteiger charge is 2.09. The molecule has 0 atom stereocenters. The zero-order valence-electron chi connectivity index (χ0n) is 14.6. The molecule has 0 radical (unpaired) electrons. The summed E-state index contributed by atoms with van der Waals surface area (Å²) >= 11 is 0. The normalized spacial score (nSPS) is 10.5. The first-order valence-electron chi connectivity index (χ1n) is 8.60. The SMILES string of the molecule is O=C(COC(=O)CCCc1nc2ccccc2c(=O)[nH]1)Nc1ccccc1. The van der Waals surface area contributed by atoms with Gasteiger partial charge in [-0.05, 0) is 30.7 Å². The molecule has 27 heavy (non-hydrogen) atoms. The van der Waals surface area contributed by atoms with E-state index in [-0.39, 0.29) is 18.6 Å². The van der Waals surface area contributed by atoms with Gasteiger partial charge in [0, 0.05) is 18.5 Å². The van der Waals surface area contributed by atoms with Crippen molar-refractivity contribution in [3.8, 4) is 0 Å². The zero-order chi connectivity index (χ0) is 19.1. The monoisotopic (exact) mass is 365 g/mol. The fraction of sp³-hybridized carbons (Fsp3) is 0.200. The molecule has 0 saturated heterocycles. The van der Waals surface area contributed by atoms with Crippen molar-refractivity contribution < 1.29 is 14.3 Å². The molecule has 2 aromatic carbocycles. The summed E-state index contributed by atoms with van der Waals surface area (Å²) in [6.45, 7) is -0.335. The molecule has 0 saturated carbocycles. The van der Waals surface area contributed by atoms with Gasteiger partial charge in [0.1, 0.15) is 5.82 Å². The Morgan fingerprint density at radius 3 is 2.59 bits per heavy atom. The number of anilines is 1. The number of ether oxygens (including phenoxy) is 1. The summed E-state index contributed by atoms with van der Waals surface area (Å²) in [5.41, 5.74) is 1.07. The molecular formula is C20H19N3O4. The summed E-state index contributed by atoms with van der Waals surface area (Å²) in [6, 6.07) is 16.0. The van der Waals surface area contributed by atoms with Crippen LogP contribution in [0.25, 0.3) is 10.9 Å². The van der Waals surface area contributed by atoms with Crippen molar-refractivity contribution in [3.05, 3.63) is 70.8 Å². The Balaban J connectivity index is 1.43. The van der Waals surface area contributed by atoms with Crippen molar-refractivity contribution in [1.82, 2.24) is 9.97 Å². The van der Waals surface area contributed by atoms with Gasteiger partial charge in [-0.1, -0.05) is 30.3 Å². The molecule has 0 aliphatic heterocycles. The lowest BCUT2D eigenvalue weighted by Gasteiger charge is -2.06. The van der Waals surface area contributed by atoms with E-state index in [4.69, 9.17) is 4.74 Å². The lowest BCUT2D eigenvalue weighted by molar-refractivity contribution is -0.147. The number of para-hydroxylation sites is 2. The number of hydrogen-bond donors (Lipinski definition) is 2. The first kappa shape index (κ1) is 18.3. The van der Waals surface area contributed by atoms with E-state index in [0.717, 1.165) is 0 Å². The molecule has 2 N–H and O–H groups in total. The zero-order valence-corrected chi connectivity index (χ0v) is 14.6. The van der Waals surface area contributed by atoms with Crippen molar-refractivity contribution in [2.45, 2.75) is 19.3 Å². The molecule has 1 amide bonds. The molecule has 138 valence electrons. The second kappa shape index (κ2) is 8.75. The maximum absolute atomic E-state index is 12.0. The summed E-state index contributed by atoms with van der Waals surface area (Å²) in [7, 11) is 0. The van der Waals surface area contributed by atoms with Gasteiger partial charge in [0.15, 0.2) is 6.61 Å². The Morgan fingerprint density at radius 2 is 1.78 bits per heavy atom. The van der Waals surface area contributed by atoms with Crippen LogP contribution in [0.2, 0.25) is 0 Å². The van der Waals surface area contributed by atoms with E-state index >= 15 is 0 Å². The third-order valence-electron chi connectivity index (χ3n) is 3.88. The van der Waals surface area contributed by atoms with E-state index in [1.807, 2.05) is 12.1 Å². The molecule has 0 unspecified atom stereocenters. The summed E-state index contributed by atoms with van der Waals surface area (Å²) in [5, 5.41) is 3.17. The summed E-state index contributed by atoms with van der Waals surface area (Å²) in [6.07, 6.45) is 1.03. The molecule has 1 aromatic heterocycles. The number of hydrogen-bond acceptors (Lipinski definition) is 5. The number of rotatable bonds is 7. The van der Waals surface area contributed by atoms with Gasteiger partial charge >= 0.3 is 5.97 Å². The second-order valence-electron chi connectivity index (χ2n) is 5.96. The smallest absolute Gasteiger partial charge is 0.306 e. The van der Waals surface area contributed by atoms with Crippen LogP contribution in [0.15, 0.2) is 59.4 Å². The highest BCUT2D eigenvalue weighted by molar-refractivity contribution is 5.92. The second-order valence-corrected chi connectivity index (χ2v) is 5.96. The molecule has 1 heterocycles. The van der Waals surface area contributed by atoms with Crippen LogP contribution >= 0.6 is 0 Å². The number of esters is 1. The number of aromatic amines is 1. The van der Waals surface area contributed by atoms with E-state index in [0.29, 0.717) is 35.3 Å². The van der Waals surface area contributed by atoms with Crippen LogP contribution in [0.3, 0.4) is 0 Å². The Hall–Kier alpha value is -3.48. The van der Waals surface area contributed by atoms with Crippen molar-refractivity contribution in [1.29, 1.82) is 0 Å². The number of aryl methyl sites for hydroxylation is 1. The van der Waals surface area contributed by atoms with Crippen molar-refractivity contribution in [2.75, 3.05) is 11.9 Å². The van der Waals surface area contributed by atoms with Crippen LogP contribution in [0, 0.1) is 0 Å². The van der Waals surface area contributed by atoms with Gasteiger partial charge in [-0.3, -0.25) is 14.4 Å². The van der Waals surface area contributed by atoms with Crippen LogP contribution in [-0.2, 0) is 20.7 Å².